The number of methoxy groups -OCH3 is 1. The fourth-order valence-corrected chi connectivity index (χ4v) is 3.55. The fourth-order valence-electron chi connectivity index (χ4n) is 3.55. The Kier molecular flexibility index (Phi) is 8.68. The van der Waals surface area contributed by atoms with Gasteiger partial charge >= 0.3 is 5.97 Å². The van der Waals surface area contributed by atoms with Crippen molar-refractivity contribution in [2.24, 2.45) is 5.92 Å². The van der Waals surface area contributed by atoms with Gasteiger partial charge in [-0.2, -0.15) is 0 Å². The van der Waals surface area contributed by atoms with Crippen LogP contribution in [0.1, 0.15) is 29.5 Å². The zero-order valence-corrected chi connectivity index (χ0v) is 18.3. The molecule has 1 N–H and O–H groups in total. The number of esters is 1. The van der Waals surface area contributed by atoms with Gasteiger partial charge in [-0.05, 0) is 28.8 Å². The third-order valence-electron chi connectivity index (χ3n) is 5.25. The molecule has 3 rings (SSSR count). The molecule has 0 aliphatic carbocycles. The van der Waals surface area contributed by atoms with Crippen LogP contribution in [0.3, 0.4) is 0 Å². The van der Waals surface area contributed by atoms with E-state index < -0.39 is 0 Å². The number of hydrogen-bond donors (Lipinski definition) is 1. The van der Waals surface area contributed by atoms with Gasteiger partial charge in [0.2, 0.25) is 0 Å². The first-order chi connectivity index (χ1) is 15.2. The Balaban J connectivity index is 1.50. The number of hydrogen-bond acceptors (Lipinski definition) is 4. The van der Waals surface area contributed by atoms with Crippen LogP contribution in [0.5, 0.6) is 5.75 Å². The summed E-state index contributed by atoms with van der Waals surface area (Å²) in [6, 6.07) is 28.9. The van der Waals surface area contributed by atoms with Crippen molar-refractivity contribution in [1.29, 1.82) is 0 Å². The van der Waals surface area contributed by atoms with Crippen LogP contribution < -0.4 is 10.1 Å². The van der Waals surface area contributed by atoms with Crippen molar-refractivity contribution >= 4 is 5.97 Å². The lowest BCUT2D eigenvalue weighted by atomic mass is 9.91. The molecule has 0 fully saturated rings. The van der Waals surface area contributed by atoms with Crippen molar-refractivity contribution < 1.29 is 14.3 Å². The summed E-state index contributed by atoms with van der Waals surface area (Å²) in [5.74, 6) is 1.18. The Bertz CT molecular complexity index is 888. The molecule has 0 saturated carbocycles. The van der Waals surface area contributed by atoms with Gasteiger partial charge in [-0.15, -0.1) is 0 Å². The van der Waals surface area contributed by atoms with E-state index in [0.717, 1.165) is 24.4 Å². The average Bonchev–Trinajstić information content (AvgIpc) is 2.82. The van der Waals surface area contributed by atoms with Gasteiger partial charge in [-0.3, -0.25) is 4.79 Å². The Morgan fingerprint density at radius 3 is 2.13 bits per heavy atom. The van der Waals surface area contributed by atoms with E-state index in [1.165, 1.54) is 18.2 Å². The lowest BCUT2D eigenvalue weighted by Crippen LogP contribution is -2.29. The Hall–Kier alpha value is -3.11. The van der Waals surface area contributed by atoms with Gasteiger partial charge in [0.05, 0.1) is 20.1 Å². The van der Waals surface area contributed by atoms with Crippen molar-refractivity contribution in [3.63, 3.8) is 0 Å². The van der Waals surface area contributed by atoms with Crippen molar-refractivity contribution in [2.45, 2.75) is 19.3 Å². The van der Waals surface area contributed by atoms with Crippen molar-refractivity contribution in [2.75, 3.05) is 26.8 Å². The van der Waals surface area contributed by atoms with Crippen molar-refractivity contribution in [3.8, 4) is 5.75 Å². The quantitative estimate of drug-likeness (QED) is 0.454. The normalized spacial score (nSPS) is 11.8. The van der Waals surface area contributed by atoms with E-state index in [-0.39, 0.29) is 12.4 Å². The Labute approximate surface area is 185 Å². The SMILES string of the molecule is COC(=O)Cc1cccc(OCC(C)CNCC(c2ccccc2)c2ccccc2)c1. The second-order valence-corrected chi connectivity index (χ2v) is 7.85. The number of carbonyl (C=O) groups is 1. The number of benzene rings is 3. The summed E-state index contributed by atoms with van der Waals surface area (Å²) >= 11 is 0. The summed E-state index contributed by atoms with van der Waals surface area (Å²) in [6.45, 7) is 4.51. The highest BCUT2D eigenvalue weighted by Gasteiger charge is 2.14. The summed E-state index contributed by atoms with van der Waals surface area (Å²) in [6.07, 6.45) is 0.255. The van der Waals surface area contributed by atoms with E-state index in [2.05, 4.69) is 72.9 Å². The zero-order valence-electron chi connectivity index (χ0n) is 18.3. The first kappa shape index (κ1) is 22.6. The third-order valence-corrected chi connectivity index (χ3v) is 5.25. The van der Waals surface area contributed by atoms with Gasteiger partial charge in [0.15, 0.2) is 0 Å². The largest absolute Gasteiger partial charge is 0.493 e. The number of nitrogens with one attached hydrogen (secondary N) is 1. The van der Waals surface area contributed by atoms with E-state index in [4.69, 9.17) is 9.47 Å². The summed E-state index contributed by atoms with van der Waals surface area (Å²) in [7, 11) is 1.40. The molecule has 0 aromatic heterocycles. The highest BCUT2D eigenvalue weighted by Crippen LogP contribution is 2.23. The molecule has 0 bridgehead atoms. The summed E-state index contributed by atoms with van der Waals surface area (Å²) in [5, 5.41) is 3.62. The van der Waals surface area contributed by atoms with Gasteiger partial charge in [-0.1, -0.05) is 79.7 Å². The van der Waals surface area contributed by atoms with Crippen molar-refractivity contribution in [1.82, 2.24) is 5.32 Å². The summed E-state index contributed by atoms with van der Waals surface area (Å²) < 4.78 is 10.7. The van der Waals surface area contributed by atoms with Crippen LogP contribution in [0.25, 0.3) is 0 Å². The first-order valence-electron chi connectivity index (χ1n) is 10.7. The van der Waals surface area contributed by atoms with E-state index in [1.54, 1.807) is 0 Å². The highest BCUT2D eigenvalue weighted by atomic mass is 16.5. The van der Waals surface area contributed by atoms with E-state index >= 15 is 0 Å². The van der Waals surface area contributed by atoms with Gasteiger partial charge in [0.25, 0.3) is 0 Å². The summed E-state index contributed by atoms with van der Waals surface area (Å²) in [4.78, 5) is 11.5. The molecule has 1 atom stereocenters. The molecule has 162 valence electrons. The van der Waals surface area contributed by atoms with Gasteiger partial charge in [0.1, 0.15) is 5.75 Å². The van der Waals surface area contributed by atoms with Gasteiger partial charge < -0.3 is 14.8 Å². The molecule has 0 saturated heterocycles. The standard InChI is InChI=1S/C27H31NO3/c1-21(20-31-25-15-9-10-22(16-25)17-27(29)30-2)18-28-19-26(23-11-5-3-6-12-23)24-13-7-4-8-14-24/h3-16,21,26,28H,17-20H2,1-2H3. The Morgan fingerprint density at radius 2 is 1.52 bits per heavy atom. The van der Waals surface area contributed by atoms with Crippen LogP contribution in [-0.4, -0.2) is 32.8 Å². The molecular formula is C27H31NO3. The van der Waals surface area contributed by atoms with Crippen LogP contribution in [0.2, 0.25) is 0 Å². The maximum Gasteiger partial charge on any atom is 0.309 e. The van der Waals surface area contributed by atoms with Crippen LogP contribution in [0.15, 0.2) is 84.9 Å². The van der Waals surface area contributed by atoms with Gasteiger partial charge in [0, 0.05) is 24.9 Å². The minimum atomic E-state index is -0.249. The predicted molar refractivity (Wildman–Crippen MR) is 124 cm³/mol. The molecule has 0 aliphatic heterocycles. The molecule has 0 spiro atoms. The lowest BCUT2D eigenvalue weighted by Gasteiger charge is -2.21. The van der Waals surface area contributed by atoms with Crippen LogP contribution in [0, 0.1) is 5.92 Å². The zero-order chi connectivity index (χ0) is 21.9. The Morgan fingerprint density at radius 1 is 0.871 bits per heavy atom. The van der Waals surface area contributed by atoms with Gasteiger partial charge in [-0.25, -0.2) is 0 Å². The molecular weight excluding hydrogens is 386 g/mol. The number of rotatable bonds is 11. The van der Waals surface area contributed by atoms with E-state index in [1.807, 2.05) is 24.3 Å². The molecule has 31 heavy (non-hydrogen) atoms. The van der Waals surface area contributed by atoms with Crippen LogP contribution in [0.4, 0.5) is 0 Å². The molecule has 0 aliphatic rings. The van der Waals surface area contributed by atoms with E-state index in [0.29, 0.717) is 18.4 Å². The molecule has 4 nitrogen and oxygen atoms in total. The average molecular weight is 418 g/mol. The first-order valence-corrected chi connectivity index (χ1v) is 10.7. The molecule has 0 amide bonds. The predicted octanol–water partition coefficient (Wildman–Crippen LogP) is 4.84. The number of carbonyl (C=O) groups excluding carboxylic acids is 1. The topological polar surface area (TPSA) is 47.6 Å². The molecule has 3 aromatic rings. The minimum Gasteiger partial charge on any atom is -0.493 e. The molecule has 0 radical (unpaired) electrons. The maximum atomic E-state index is 11.5. The highest BCUT2D eigenvalue weighted by molar-refractivity contribution is 5.72. The fraction of sp³-hybridized carbons (Fsp3) is 0.296. The smallest absolute Gasteiger partial charge is 0.309 e. The molecule has 0 heterocycles. The second kappa shape index (κ2) is 11.9. The molecule has 1 unspecified atom stereocenters. The third kappa shape index (κ3) is 7.26. The monoisotopic (exact) mass is 417 g/mol. The second-order valence-electron chi connectivity index (χ2n) is 7.85. The van der Waals surface area contributed by atoms with E-state index in [9.17, 15) is 4.79 Å². The maximum absolute atomic E-state index is 11.5. The molecule has 4 heteroatoms. The van der Waals surface area contributed by atoms with Crippen LogP contribution >= 0.6 is 0 Å². The summed E-state index contributed by atoms with van der Waals surface area (Å²) in [5.41, 5.74) is 3.52. The molecule has 3 aromatic carbocycles. The number of ether oxygens (including phenoxy) is 2. The minimum absolute atomic E-state index is 0.249. The van der Waals surface area contributed by atoms with Crippen LogP contribution in [-0.2, 0) is 16.0 Å². The van der Waals surface area contributed by atoms with Crippen molar-refractivity contribution in [3.05, 3.63) is 102 Å². The lowest BCUT2D eigenvalue weighted by molar-refractivity contribution is -0.139.